The topological polar surface area (TPSA) is 98.7 Å². The van der Waals surface area contributed by atoms with E-state index >= 15 is 0 Å². The summed E-state index contributed by atoms with van der Waals surface area (Å²) in [5.41, 5.74) is 1.21. The normalized spacial score (nSPS) is 25.6. The first-order chi connectivity index (χ1) is 12.3. The number of carbonyl (C=O) groups excluding carboxylic acids is 2. The molecule has 6 heteroatoms. The van der Waals surface area contributed by atoms with E-state index in [1.54, 1.807) is 19.1 Å². The summed E-state index contributed by atoms with van der Waals surface area (Å²) >= 11 is 0. The van der Waals surface area contributed by atoms with E-state index in [4.69, 9.17) is 9.47 Å². The Morgan fingerprint density at radius 1 is 1.08 bits per heavy atom. The molecule has 0 fully saturated rings. The number of rotatable bonds is 6. The molecule has 0 amide bonds. The molecule has 1 aliphatic carbocycles. The SMILES string of the molecule is CCCC1(CCC)Oc2cc3c(cc2O1)C(C(=O)[O-])C(C(=O)[O-])C(C)C3. The Kier molecular flexibility index (Phi) is 4.86. The average molecular weight is 360 g/mol. The first-order valence-corrected chi connectivity index (χ1v) is 9.28. The third kappa shape index (κ3) is 3.02. The van der Waals surface area contributed by atoms with Gasteiger partial charge in [-0.1, -0.05) is 20.8 Å². The van der Waals surface area contributed by atoms with Gasteiger partial charge in [-0.05, 0) is 48.4 Å². The molecule has 0 N–H and O–H groups in total. The fourth-order valence-electron chi connectivity index (χ4n) is 4.39. The number of carboxylic acid groups (broad SMARTS) is 2. The first-order valence-electron chi connectivity index (χ1n) is 9.28. The Hall–Kier alpha value is -2.24. The Morgan fingerprint density at radius 3 is 2.15 bits per heavy atom. The van der Waals surface area contributed by atoms with Crippen molar-refractivity contribution in [3.63, 3.8) is 0 Å². The van der Waals surface area contributed by atoms with Gasteiger partial charge in [0, 0.05) is 36.6 Å². The second-order valence-corrected chi connectivity index (χ2v) is 7.44. The molecule has 1 aromatic carbocycles. The van der Waals surface area contributed by atoms with Crippen LogP contribution < -0.4 is 19.7 Å². The van der Waals surface area contributed by atoms with Crippen LogP contribution in [0.4, 0.5) is 0 Å². The molecule has 0 saturated carbocycles. The average Bonchev–Trinajstić information content (AvgIpc) is 2.88. The van der Waals surface area contributed by atoms with Gasteiger partial charge < -0.3 is 29.3 Å². The largest absolute Gasteiger partial charge is 0.550 e. The van der Waals surface area contributed by atoms with Crippen LogP contribution in [0.3, 0.4) is 0 Å². The minimum absolute atomic E-state index is 0.369. The maximum atomic E-state index is 11.7. The van der Waals surface area contributed by atoms with Gasteiger partial charge in [0.15, 0.2) is 11.5 Å². The zero-order chi connectivity index (χ0) is 19.1. The molecule has 0 aromatic heterocycles. The number of hydrogen-bond donors (Lipinski definition) is 0. The molecule has 1 heterocycles. The predicted octanol–water partition coefficient (Wildman–Crippen LogP) is 1.15. The number of ether oxygens (including phenoxy) is 2. The maximum absolute atomic E-state index is 11.7. The van der Waals surface area contributed by atoms with Crippen molar-refractivity contribution in [1.82, 2.24) is 0 Å². The van der Waals surface area contributed by atoms with Gasteiger partial charge in [-0.2, -0.15) is 0 Å². The molecule has 2 aliphatic rings. The van der Waals surface area contributed by atoms with Crippen molar-refractivity contribution >= 4 is 11.9 Å². The van der Waals surface area contributed by atoms with E-state index in [2.05, 4.69) is 13.8 Å². The van der Waals surface area contributed by atoms with Gasteiger partial charge in [0.25, 0.3) is 5.79 Å². The van der Waals surface area contributed by atoms with E-state index in [0.29, 0.717) is 23.5 Å². The quantitative estimate of drug-likeness (QED) is 0.754. The molecule has 3 rings (SSSR count). The molecular weight excluding hydrogens is 336 g/mol. The fourth-order valence-corrected chi connectivity index (χ4v) is 4.39. The fraction of sp³-hybridized carbons (Fsp3) is 0.600. The minimum atomic E-state index is -1.40. The number of fused-ring (bicyclic) bond motifs is 2. The van der Waals surface area contributed by atoms with Crippen LogP contribution in [0, 0.1) is 11.8 Å². The van der Waals surface area contributed by atoms with Gasteiger partial charge in [0.1, 0.15) is 0 Å². The molecule has 0 radical (unpaired) electrons. The first kappa shape index (κ1) is 18.5. The summed E-state index contributed by atoms with van der Waals surface area (Å²) in [6.07, 6.45) is 3.67. The molecule has 3 unspecified atom stereocenters. The van der Waals surface area contributed by atoms with Gasteiger partial charge in [-0.25, -0.2) is 0 Å². The Balaban J connectivity index is 2.04. The third-order valence-corrected chi connectivity index (χ3v) is 5.43. The van der Waals surface area contributed by atoms with E-state index < -0.39 is 29.6 Å². The summed E-state index contributed by atoms with van der Waals surface area (Å²) < 4.78 is 12.2. The molecule has 3 atom stereocenters. The lowest BCUT2D eigenvalue weighted by molar-refractivity contribution is -0.325. The van der Waals surface area contributed by atoms with Crippen molar-refractivity contribution in [2.75, 3.05) is 0 Å². The zero-order valence-corrected chi connectivity index (χ0v) is 15.4. The highest BCUT2D eigenvalue weighted by molar-refractivity contribution is 5.84. The summed E-state index contributed by atoms with van der Waals surface area (Å²) in [5.74, 6) is -5.16. The lowest BCUT2D eigenvalue weighted by Crippen LogP contribution is -2.48. The van der Waals surface area contributed by atoms with Crippen molar-refractivity contribution in [3.8, 4) is 11.5 Å². The molecule has 0 bridgehead atoms. The summed E-state index contributed by atoms with van der Waals surface area (Å²) in [7, 11) is 0. The van der Waals surface area contributed by atoms with Crippen LogP contribution in [-0.2, 0) is 16.0 Å². The summed E-state index contributed by atoms with van der Waals surface area (Å²) in [5, 5.41) is 23.3. The van der Waals surface area contributed by atoms with Gasteiger partial charge in [-0.15, -0.1) is 0 Å². The number of aliphatic carboxylic acids is 2. The van der Waals surface area contributed by atoms with Crippen LogP contribution in [-0.4, -0.2) is 17.7 Å². The number of hydrogen-bond acceptors (Lipinski definition) is 6. The van der Waals surface area contributed by atoms with Crippen molar-refractivity contribution in [1.29, 1.82) is 0 Å². The van der Waals surface area contributed by atoms with Crippen LogP contribution in [0.1, 0.15) is 63.5 Å². The second kappa shape index (κ2) is 6.82. The summed E-state index contributed by atoms with van der Waals surface area (Å²) in [6.45, 7) is 5.83. The highest BCUT2D eigenvalue weighted by atomic mass is 16.7. The van der Waals surface area contributed by atoms with Crippen LogP contribution in [0.2, 0.25) is 0 Å². The van der Waals surface area contributed by atoms with Crippen molar-refractivity contribution in [3.05, 3.63) is 23.3 Å². The Bertz CT molecular complexity index is 719. The second-order valence-electron chi connectivity index (χ2n) is 7.44. The number of benzene rings is 1. The van der Waals surface area contributed by atoms with E-state index in [9.17, 15) is 19.8 Å². The van der Waals surface area contributed by atoms with Crippen molar-refractivity contribution in [2.24, 2.45) is 11.8 Å². The predicted molar refractivity (Wildman–Crippen MR) is 89.4 cm³/mol. The number of carbonyl (C=O) groups is 2. The molecule has 0 saturated heterocycles. The lowest BCUT2D eigenvalue weighted by atomic mass is 9.69. The van der Waals surface area contributed by atoms with E-state index in [1.165, 1.54) is 0 Å². The third-order valence-electron chi connectivity index (χ3n) is 5.43. The molecule has 1 aromatic rings. The van der Waals surface area contributed by atoms with Crippen LogP contribution in [0.15, 0.2) is 12.1 Å². The molecule has 142 valence electrons. The minimum Gasteiger partial charge on any atom is -0.550 e. The maximum Gasteiger partial charge on any atom is 0.251 e. The van der Waals surface area contributed by atoms with E-state index in [1.807, 2.05) is 0 Å². The summed E-state index contributed by atoms with van der Waals surface area (Å²) in [4.78, 5) is 23.3. The zero-order valence-electron chi connectivity index (χ0n) is 15.4. The van der Waals surface area contributed by atoms with Gasteiger partial charge >= 0.3 is 0 Å². The smallest absolute Gasteiger partial charge is 0.251 e. The summed E-state index contributed by atoms with van der Waals surface area (Å²) in [6, 6.07) is 3.43. The van der Waals surface area contributed by atoms with E-state index in [-0.39, 0.29) is 5.92 Å². The Morgan fingerprint density at radius 2 is 1.65 bits per heavy atom. The van der Waals surface area contributed by atoms with Crippen molar-refractivity contribution in [2.45, 2.75) is 64.6 Å². The molecule has 26 heavy (non-hydrogen) atoms. The highest BCUT2D eigenvalue weighted by Crippen LogP contribution is 2.49. The van der Waals surface area contributed by atoms with Crippen LogP contribution in [0.5, 0.6) is 11.5 Å². The van der Waals surface area contributed by atoms with E-state index in [0.717, 1.165) is 31.2 Å². The van der Waals surface area contributed by atoms with Gasteiger partial charge in [-0.3, -0.25) is 0 Å². The monoisotopic (exact) mass is 360 g/mol. The number of carboxylic acids is 2. The Labute approximate surface area is 153 Å². The highest BCUT2D eigenvalue weighted by Gasteiger charge is 2.43. The van der Waals surface area contributed by atoms with Crippen LogP contribution >= 0.6 is 0 Å². The van der Waals surface area contributed by atoms with Gasteiger partial charge in [0.2, 0.25) is 0 Å². The lowest BCUT2D eigenvalue weighted by Gasteiger charge is -2.39. The molecule has 6 nitrogen and oxygen atoms in total. The van der Waals surface area contributed by atoms with Crippen LogP contribution in [0.25, 0.3) is 0 Å². The molecule has 1 aliphatic heterocycles. The standard InChI is InChI=1S/C20H26O6/c1-4-6-20(7-5-2)25-14-9-12-8-11(3)16(18(21)22)17(19(23)24)13(12)10-15(14)26-20/h9-11,16-17H,4-8H2,1-3H3,(H,21,22)(H,23,24)/p-2. The van der Waals surface area contributed by atoms with Gasteiger partial charge in [0.05, 0.1) is 0 Å². The molecular formula is C20H24O6-2. The van der Waals surface area contributed by atoms with Crippen molar-refractivity contribution < 1.29 is 29.3 Å². The molecule has 0 spiro atoms.